The number of quaternary nitrogens is 1. The van der Waals surface area contributed by atoms with E-state index >= 15 is 4.39 Å². The number of fused-ring (bicyclic) bond motifs is 2. The van der Waals surface area contributed by atoms with E-state index in [9.17, 15) is 14.0 Å². The largest absolute Gasteiger partial charge is 0.342 e. The Kier molecular flexibility index (Phi) is 8.73. The molecule has 5 nitrogen and oxygen atoms in total. The minimum absolute atomic E-state index is 0.0212. The van der Waals surface area contributed by atoms with Crippen molar-refractivity contribution in [1.29, 1.82) is 0 Å². The lowest BCUT2D eigenvalue weighted by molar-refractivity contribution is -0.936. The number of carbonyl (C=O) groups is 2. The summed E-state index contributed by atoms with van der Waals surface area (Å²) < 4.78 is 28.8. The van der Waals surface area contributed by atoms with E-state index in [0.29, 0.717) is 36.8 Å². The third-order valence-corrected chi connectivity index (χ3v) is 11.0. The van der Waals surface area contributed by atoms with Crippen LogP contribution >= 0.6 is 11.6 Å². The van der Waals surface area contributed by atoms with Crippen LogP contribution in [0.15, 0.2) is 30.3 Å². The molecule has 4 atom stereocenters. The number of likely N-dealkylation sites (tertiary alicyclic amines) is 2. The van der Waals surface area contributed by atoms with E-state index in [1.807, 2.05) is 16.7 Å². The summed E-state index contributed by atoms with van der Waals surface area (Å²) in [5, 5.41) is 0.715. The van der Waals surface area contributed by atoms with Crippen LogP contribution in [-0.4, -0.2) is 59.4 Å². The number of hydrogen-bond donors (Lipinski definition) is 1. The monoisotopic (exact) mass is 614 g/mol. The number of carbonyl (C=O) groups excluding carboxylic acids is 2. The first-order chi connectivity index (χ1) is 20.1. The van der Waals surface area contributed by atoms with Gasteiger partial charge in [0.1, 0.15) is 11.6 Å². The quantitative estimate of drug-likeness (QED) is 0.461. The number of nitrogens with zero attached hydrogens (tertiary/aromatic N) is 2. The molecule has 5 rings (SSSR count). The summed E-state index contributed by atoms with van der Waals surface area (Å²) in [7, 11) is 0. The Labute approximate surface area is 260 Å². The summed E-state index contributed by atoms with van der Waals surface area (Å²) in [4.78, 5) is 32.1. The number of piperidine rings is 1. The van der Waals surface area contributed by atoms with Crippen LogP contribution in [0.2, 0.25) is 5.02 Å². The van der Waals surface area contributed by atoms with Gasteiger partial charge in [0.2, 0.25) is 11.8 Å². The zero-order valence-corrected chi connectivity index (χ0v) is 27.5. The molecule has 0 bridgehead atoms. The predicted octanol–water partition coefficient (Wildman–Crippen LogP) is 5.98. The van der Waals surface area contributed by atoms with Crippen molar-refractivity contribution in [2.24, 2.45) is 5.92 Å². The molecule has 2 saturated heterocycles. The maximum absolute atomic E-state index is 15.0. The van der Waals surface area contributed by atoms with Crippen LogP contribution < -0.4 is 4.90 Å². The summed E-state index contributed by atoms with van der Waals surface area (Å²) in [5.74, 6) is -1.69. The highest BCUT2D eigenvalue weighted by molar-refractivity contribution is 6.31. The van der Waals surface area contributed by atoms with E-state index in [1.165, 1.54) is 22.6 Å². The van der Waals surface area contributed by atoms with Crippen LogP contribution in [0.5, 0.6) is 0 Å². The third kappa shape index (κ3) is 5.96. The fourth-order valence-corrected chi connectivity index (χ4v) is 8.35. The van der Waals surface area contributed by atoms with Crippen LogP contribution in [0, 0.1) is 24.5 Å². The molecule has 1 N–H and O–H groups in total. The lowest BCUT2D eigenvalue weighted by Crippen LogP contribution is -3.17. The molecule has 2 aliphatic heterocycles. The van der Waals surface area contributed by atoms with Crippen molar-refractivity contribution in [3.63, 3.8) is 0 Å². The van der Waals surface area contributed by atoms with Gasteiger partial charge in [-0.1, -0.05) is 23.7 Å². The second kappa shape index (κ2) is 11.8. The highest BCUT2D eigenvalue weighted by Gasteiger charge is 2.50. The fourth-order valence-electron chi connectivity index (χ4n) is 8.18. The average Bonchev–Trinajstić information content (AvgIpc) is 3.37. The molecule has 2 fully saturated rings. The Hall–Kier alpha value is -2.51. The number of benzene rings is 2. The summed E-state index contributed by atoms with van der Waals surface area (Å²) in [6.45, 7) is 16.7. The van der Waals surface area contributed by atoms with Crippen LogP contribution in [-0.2, 0) is 15.0 Å². The van der Waals surface area contributed by atoms with Gasteiger partial charge in [0.15, 0.2) is 0 Å². The minimum atomic E-state index is -0.602. The van der Waals surface area contributed by atoms with E-state index in [2.05, 4.69) is 46.8 Å². The van der Waals surface area contributed by atoms with Gasteiger partial charge >= 0.3 is 0 Å². The van der Waals surface area contributed by atoms with E-state index in [0.717, 1.165) is 42.9 Å². The van der Waals surface area contributed by atoms with E-state index in [1.54, 1.807) is 6.92 Å². The first-order valence-electron chi connectivity index (χ1n) is 15.8. The number of hydrogen-bond acceptors (Lipinski definition) is 2. The molecular formula is C35H47ClF2N3O2+. The number of aryl methyl sites for hydroxylation is 1. The van der Waals surface area contributed by atoms with Crippen LogP contribution in [0.4, 0.5) is 8.78 Å². The zero-order chi connectivity index (χ0) is 31.4. The normalized spacial score (nSPS) is 25.2. The molecule has 2 heterocycles. The Morgan fingerprint density at radius 1 is 1.05 bits per heavy atom. The molecule has 2 aromatic rings. The molecule has 234 valence electrons. The second-order valence-electron chi connectivity index (χ2n) is 14.5. The maximum atomic E-state index is 15.0. The van der Waals surface area contributed by atoms with Crippen molar-refractivity contribution in [2.45, 2.75) is 103 Å². The van der Waals surface area contributed by atoms with Gasteiger partial charge in [0.25, 0.3) is 0 Å². The molecule has 0 aromatic heterocycles. The minimum Gasteiger partial charge on any atom is -0.342 e. The molecule has 2 aromatic carbocycles. The molecule has 1 spiro atoms. The lowest BCUT2D eigenvalue weighted by atomic mass is 9.63. The number of halogens is 3. The summed E-state index contributed by atoms with van der Waals surface area (Å²) in [6, 6.07) is 8.10. The van der Waals surface area contributed by atoms with Gasteiger partial charge in [0, 0.05) is 37.1 Å². The first kappa shape index (κ1) is 31.9. The molecule has 2 amide bonds. The van der Waals surface area contributed by atoms with Crippen molar-refractivity contribution in [2.75, 3.05) is 26.2 Å². The van der Waals surface area contributed by atoms with E-state index in [4.69, 9.17) is 11.6 Å². The molecule has 2 unspecified atom stereocenters. The molecule has 0 radical (unpaired) electrons. The van der Waals surface area contributed by atoms with Gasteiger partial charge in [-0.05, 0) is 107 Å². The lowest BCUT2D eigenvalue weighted by Gasteiger charge is -2.50. The maximum Gasteiger partial charge on any atom is 0.232 e. The van der Waals surface area contributed by atoms with Crippen molar-refractivity contribution in [3.05, 3.63) is 69.2 Å². The van der Waals surface area contributed by atoms with Crippen LogP contribution in [0.3, 0.4) is 0 Å². The summed E-state index contributed by atoms with van der Waals surface area (Å²) in [6.07, 6.45) is 3.47. The van der Waals surface area contributed by atoms with Gasteiger partial charge in [0.05, 0.1) is 36.5 Å². The molecule has 1 aliphatic carbocycles. The second-order valence-corrected chi connectivity index (χ2v) is 14.9. The van der Waals surface area contributed by atoms with Crippen molar-refractivity contribution < 1.29 is 23.3 Å². The number of nitrogens with one attached hydrogen (secondary N) is 1. The molecule has 3 aliphatic rings. The molecule has 43 heavy (non-hydrogen) atoms. The predicted molar refractivity (Wildman–Crippen MR) is 166 cm³/mol. The highest BCUT2D eigenvalue weighted by Crippen LogP contribution is 2.51. The van der Waals surface area contributed by atoms with E-state index in [-0.39, 0.29) is 46.7 Å². The summed E-state index contributed by atoms with van der Waals surface area (Å²) in [5.41, 5.74) is 3.68. The van der Waals surface area contributed by atoms with Crippen LogP contribution in [0.1, 0.15) is 101 Å². The Bertz CT molecular complexity index is 1400. The van der Waals surface area contributed by atoms with Crippen LogP contribution in [0.25, 0.3) is 0 Å². The number of amides is 2. The fraction of sp³-hybridized carbons (Fsp3) is 0.600. The Morgan fingerprint density at radius 3 is 2.30 bits per heavy atom. The number of rotatable bonds is 4. The Morgan fingerprint density at radius 2 is 1.72 bits per heavy atom. The smallest absolute Gasteiger partial charge is 0.232 e. The first-order valence-corrected chi connectivity index (χ1v) is 16.2. The Balaban J connectivity index is 1.41. The molecule has 8 heteroatoms. The third-order valence-electron chi connectivity index (χ3n) is 10.6. The molecule has 0 saturated carbocycles. The van der Waals surface area contributed by atoms with Crippen molar-refractivity contribution in [1.82, 2.24) is 9.80 Å². The van der Waals surface area contributed by atoms with Gasteiger partial charge in [-0.15, -0.1) is 0 Å². The van der Waals surface area contributed by atoms with Crippen molar-refractivity contribution in [3.8, 4) is 0 Å². The highest BCUT2D eigenvalue weighted by atomic mass is 35.5. The zero-order valence-electron chi connectivity index (χ0n) is 26.7. The standard InChI is InChI=1S/C35H46ClF2N3O2/c1-21(2)41(23(4)42)32-10-11-35(29-16-22(3)30(36)18-26(29)32)12-14-39(15-13-35)33(43)28-20-40(34(5,6)7)19-27(28)25-9-8-24(37)17-31(25)38/h8-9,16-18,21,27-28,32H,10-15,19-20H2,1-7H3/p+1/t27-,28?,32-/m0/s1. The SMILES string of the molecule is CC(=O)N(C(C)C)[C@H]1CCC2(CCN(C(=O)C3C[NH+](C(C)(C)C)C[C@H]3c3ccc(F)cc3F)CC2)c2cc(C)c(Cl)cc21. The van der Waals surface area contributed by atoms with Crippen molar-refractivity contribution >= 4 is 23.4 Å². The topological polar surface area (TPSA) is 45.1 Å². The average molecular weight is 615 g/mol. The summed E-state index contributed by atoms with van der Waals surface area (Å²) >= 11 is 6.66. The molecular weight excluding hydrogens is 568 g/mol. The van der Waals surface area contributed by atoms with Gasteiger partial charge in [-0.25, -0.2) is 8.78 Å². The van der Waals surface area contributed by atoms with Gasteiger partial charge in [-0.2, -0.15) is 0 Å². The van der Waals surface area contributed by atoms with E-state index < -0.39 is 11.6 Å². The van der Waals surface area contributed by atoms with Gasteiger partial charge < -0.3 is 14.7 Å². The van der Waals surface area contributed by atoms with Gasteiger partial charge in [-0.3, -0.25) is 9.59 Å².